The lowest BCUT2D eigenvalue weighted by Crippen LogP contribution is -2.55. The molecule has 0 aromatic carbocycles. The van der Waals surface area contributed by atoms with Crippen LogP contribution in [0.3, 0.4) is 0 Å². The van der Waals surface area contributed by atoms with Gasteiger partial charge in [-0.15, -0.1) is 16.9 Å². The Hall–Kier alpha value is -1.62. The maximum Gasteiger partial charge on any atom is 0.254 e. The van der Waals surface area contributed by atoms with Crippen molar-refractivity contribution in [3.05, 3.63) is 23.7 Å². The van der Waals surface area contributed by atoms with Crippen molar-refractivity contribution in [3.63, 3.8) is 0 Å². The molecule has 4 atom stereocenters. The smallest absolute Gasteiger partial charge is 0.254 e. The quantitative estimate of drug-likeness (QED) is 0.430. The van der Waals surface area contributed by atoms with Crippen LogP contribution in [0.25, 0.3) is 0 Å². The molecule has 3 N–H and O–H groups in total. The van der Waals surface area contributed by atoms with E-state index in [1.165, 1.54) is 16.7 Å². The van der Waals surface area contributed by atoms with Gasteiger partial charge < -0.3 is 20.2 Å². The average molecular weight is 454 g/mol. The molecule has 4 unspecified atom stereocenters. The predicted molar refractivity (Wildman–Crippen MR) is 119 cm³/mol. The standard InChI is InChI=1S/C21H35N5O4S/c1-3-9-24-13-16(22-23-24)8-6-4-5-7-10-25-20(29)15(2)12-26(21(25)30)19-11-17(28)18(14-27)31-19/h12-13,17-19,21,27-28,30H,3-11,14H2,1-2H3. The van der Waals surface area contributed by atoms with Crippen LogP contribution in [0.1, 0.15) is 58.1 Å². The second-order valence-electron chi connectivity index (χ2n) is 8.36. The van der Waals surface area contributed by atoms with E-state index in [0.717, 1.165) is 50.8 Å². The van der Waals surface area contributed by atoms with E-state index in [0.29, 0.717) is 18.5 Å². The predicted octanol–water partition coefficient (Wildman–Crippen LogP) is 1.30. The highest BCUT2D eigenvalue weighted by atomic mass is 32.2. The molecule has 10 heteroatoms. The maximum absolute atomic E-state index is 12.6. The topological polar surface area (TPSA) is 115 Å². The first-order valence-electron chi connectivity index (χ1n) is 11.2. The van der Waals surface area contributed by atoms with Crippen LogP contribution in [-0.4, -0.2) is 82.3 Å². The number of aromatic nitrogens is 3. The minimum Gasteiger partial charge on any atom is -0.395 e. The van der Waals surface area contributed by atoms with Crippen LogP contribution in [0.4, 0.5) is 0 Å². The number of thioether (sulfide) groups is 1. The third-order valence-corrected chi connectivity index (χ3v) is 7.39. The van der Waals surface area contributed by atoms with Crippen LogP contribution in [0.15, 0.2) is 18.0 Å². The van der Waals surface area contributed by atoms with Gasteiger partial charge in [0.15, 0.2) is 0 Å². The Labute approximate surface area is 188 Å². The first kappa shape index (κ1) is 24.0. The Bertz CT molecular complexity index is 758. The summed E-state index contributed by atoms with van der Waals surface area (Å²) in [7, 11) is 0. The zero-order chi connectivity index (χ0) is 22.4. The third kappa shape index (κ3) is 6.00. The molecule has 2 aliphatic rings. The molecule has 1 aromatic rings. The summed E-state index contributed by atoms with van der Waals surface area (Å²) in [4.78, 5) is 15.8. The fourth-order valence-corrected chi connectivity index (χ4v) is 5.48. The molecule has 1 fully saturated rings. The normalized spacial score (nSPS) is 26.6. The molecule has 0 bridgehead atoms. The van der Waals surface area contributed by atoms with Gasteiger partial charge in [-0.3, -0.25) is 14.4 Å². The summed E-state index contributed by atoms with van der Waals surface area (Å²) in [5.41, 5.74) is 1.59. The van der Waals surface area contributed by atoms with Gasteiger partial charge in [0.05, 0.1) is 29.0 Å². The lowest BCUT2D eigenvalue weighted by Gasteiger charge is -2.42. The molecular formula is C21H35N5O4S. The Kier molecular flexibility index (Phi) is 8.76. The van der Waals surface area contributed by atoms with Crippen molar-refractivity contribution in [3.8, 4) is 0 Å². The summed E-state index contributed by atoms with van der Waals surface area (Å²) in [6.45, 7) is 5.14. The number of aliphatic hydroxyl groups is 3. The number of aryl methyl sites for hydroxylation is 2. The molecule has 9 nitrogen and oxygen atoms in total. The fourth-order valence-electron chi connectivity index (χ4n) is 4.08. The van der Waals surface area contributed by atoms with E-state index in [2.05, 4.69) is 17.2 Å². The number of unbranched alkanes of at least 4 members (excludes halogenated alkanes) is 3. The van der Waals surface area contributed by atoms with Crippen molar-refractivity contribution >= 4 is 17.7 Å². The Morgan fingerprint density at radius 1 is 1.19 bits per heavy atom. The number of hydrogen-bond donors (Lipinski definition) is 3. The number of hydrogen-bond acceptors (Lipinski definition) is 8. The second-order valence-corrected chi connectivity index (χ2v) is 9.78. The molecule has 0 saturated carbocycles. The number of nitrogens with zero attached hydrogens (tertiary/aromatic N) is 5. The van der Waals surface area contributed by atoms with E-state index in [4.69, 9.17) is 0 Å². The first-order chi connectivity index (χ1) is 14.9. The molecule has 0 radical (unpaired) electrons. The zero-order valence-corrected chi connectivity index (χ0v) is 19.2. The molecule has 3 heterocycles. The van der Waals surface area contributed by atoms with Gasteiger partial charge in [-0.2, -0.15) is 0 Å². The number of aliphatic hydroxyl groups excluding tert-OH is 3. The van der Waals surface area contributed by atoms with E-state index in [-0.39, 0.29) is 23.1 Å². The van der Waals surface area contributed by atoms with Crippen molar-refractivity contribution in [1.82, 2.24) is 24.8 Å². The van der Waals surface area contributed by atoms with Gasteiger partial charge in [0.1, 0.15) is 0 Å². The summed E-state index contributed by atoms with van der Waals surface area (Å²) in [6, 6.07) is 0. The number of carbonyl (C=O) groups is 1. The Morgan fingerprint density at radius 2 is 1.97 bits per heavy atom. The highest BCUT2D eigenvalue weighted by Crippen LogP contribution is 2.38. The van der Waals surface area contributed by atoms with Gasteiger partial charge in [-0.1, -0.05) is 25.0 Å². The molecule has 0 aliphatic carbocycles. The fraction of sp³-hybridized carbons (Fsp3) is 0.762. The van der Waals surface area contributed by atoms with Gasteiger partial charge in [0.25, 0.3) is 5.91 Å². The first-order valence-corrected chi connectivity index (χ1v) is 12.2. The lowest BCUT2D eigenvalue weighted by atomic mass is 10.1. The van der Waals surface area contributed by atoms with Crippen LogP contribution >= 0.6 is 11.8 Å². The molecular weight excluding hydrogens is 418 g/mol. The van der Waals surface area contributed by atoms with Gasteiger partial charge in [0.2, 0.25) is 6.35 Å². The van der Waals surface area contributed by atoms with Gasteiger partial charge in [-0.25, -0.2) is 0 Å². The van der Waals surface area contributed by atoms with Gasteiger partial charge >= 0.3 is 0 Å². The molecule has 2 aliphatic heterocycles. The minimum atomic E-state index is -1.05. The van der Waals surface area contributed by atoms with Crippen LogP contribution in [0, 0.1) is 0 Å². The summed E-state index contributed by atoms with van der Waals surface area (Å²) < 4.78 is 1.88. The van der Waals surface area contributed by atoms with Gasteiger partial charge in [0, 0.05) is 37.5 Å². The Morgan fingerprint density at radius 3 is 2.68 bits per heavy atom. The number of carbonyl (C=O) groups excluding carboxylic acids is 1. The largest absolute Gasteiger partial charge is 0.395 e. The van der Waals surface area contributed by atoms with Crippen molar-refractivity contribution < 1.29 is 20.1 Å². The lowest BCUT2D eigenvalue weighted by molar-refractivity contribution is -0.155. The molecule has 0 spiro atoms. The van der Waals surface area contributed by atoms with Crippen molar-refractivity contribution in [2.45, 2.75) is 88.4 Å². The van der Waals surface area contributed by atoms with Crippen molar-refractivity contribution in [2.75, 3.05) is 13.2 Å². The number of amides is 1. The minimum absolute atomic E-state index is 0.105. The highest BCUT2D eigenvalue weighted by Gasteiger charge is 2.41. The summed E-state index contributed by atoms with van der Waals surface area (Å²) >= 11 is 1.44. The van der Waals surface area contributed by atoms with E-state index in [1.54, 1.807) is 18.0 Å². The second kappa shape index (κ2) is 11.3. The van der Waals surface area contributed by atoms with Crippen LogP contribution in [0.2, 0.25) is 0 Å². The zero-order valence-electron chi connectivity index (χ0n) is 18.4. The third-order valence-electron chi connectivity index (χ3n) is 5.82. The number of rotatable bonds is 11. The molecule has 1 amide bonds. The van der Waals surface area contributed by atoms with E-state index >= 15 is 0 Å². The van der Waals surface area contributed by atoms with Gasteiger partial charge in [-0.05, 0) is 32.6 Å². The van der Waals surface area contributed by atoms with Crippen LogP contribution in [0.5, 0.6) is 0 Å². The molecule has 31 heavy (non-hydrogen) atoms. The molecule has 174 valence electrons. The summed E-state index contributed by atoms with van der Waals surface area (Å²) in [5.74, 6) is -0.154. The van der Waals surface area contributed by atoms with E-state index < -0.39 is 12.5 Å². The maximum atomic E-state index is 12.6. The summed E-state index contributed by atoms with van der Waals surface area (Å²) in [6.07, 6.45) is 8.23. The summed E-state index contributed by atoms with van der Waals surface area (Å²) in [5, 5.41) is 38.2. The monoisotopic (exact) mass is 453 g/mol. The molecule has 3 rings (SSSR count). The van der Waals surface area contributed by atoms with E-state index in [9.17, 15) is 20.1 Å². The molecule has 1 saturated heterocycles. The average Bonchev–Trinajstić information content (AvgIpc) is 3.35. The van der Waals surface area contributed by atoms with Crippen molar-refractivity contribution in [1.29, 1.82) is 0 Å². The van der Waals surface area contributed by atoms with E-state index in [1.807, 2.05) is 10.9 Å². The molecule has 1 aromatic heterocycles. The van der Waals surface area contributed by atoms with Crippen LogP contribution < -0.4 is 0 Å². The van der Waals surface area contributed by atoms with Crippen molar-refractivity contribution in [2.24, 2.45) is 0 Å². The highest BCUT2D eigenvalue weighted by molar-refractivity contribution is 8.00. The Balaban J connectivity index is 1.43. The SMILES string of the molecule is CCCn1cc(CCCCCCN2C(=O)C(C)=CN(C3CC(O)C(CO)S3)C2O)nn1. The van der Waals surface area contributed by atoms with Crippen LogP contribution in [-0.2, 0) is 17.8 Å².